The Hall–Kier alpha value is -2.40. The van der Waals surface area contributed by atoms with E-state index in [4.69, 9.17) is 11.6 Å². The number of nitrogens with zero attached hydrogens (tertiary/aromatic N) is 1. The molecule has 26 heavy (non-hydrogen) atoms. The predicted molar refractivity (Wildman–Crippen MR) is 99.8 cm³/mol. The van der Waals surface area contributed by atoms with Crippen molar-refractivity contribution in [2.45, 2.75) is 19.8 Å². The number of hydrogen-bond donors (Lipinski definition) is 1. The highest BCUT2D eigenvalue weighted by Crippen LogP contribution is 2.28. The van der Waals surface area contributed by atoms with E-state index >= 15 is 0 Å². The van der Waals surface area contributed by atoms with Crippen molar-refractivity contribution in [2.24, 2.45) is 5.92 Å². The van der Waals surface area contributed by atoms with Gasteiger partial charge in [-0.15, -0.1) is 0 Å². The molecule has 4 nitrogen and oxygen atoms in total. The lowest BCUT2D eigenvalue weighted by atomic mass is 10.1. The summed E-state index contributed by atoms with van der Waals surface area (Å²) in [5.74, 6) is -0.876. The zero-order valence-corrected chi connectivity index (χ0v) is 15.2. The molecular formula is C20H20ClFN2O2. The zero-order valence-electron chi connectivity index (χ0n) is 14.5. The van der Waals surface area contributed by atoms with E-state index in [1.807, 2.05) is 19.1 Å². The van der Waals surface area contributed by atoms with Gasteiger partial charge in [0.15, 0.2) is 0 Å². The molecule has 1 fully saturated rings. The highest BCUT2D eigenvalue weighted by Gasteiger charge is 2.35. The summed E-state index contributed by atoms with van der Waals surface area (Å²) in [5.41, 5.74) is 2.61. The molecule has 0 saturated carbocycles. The summed E-state index contributed by atoms with van der Waals surface area (Å²) in [7, 11) is 0. The molecule has 1 saturated heterocycles. The molecule has 136 valence electrons. The molecule has 1 heterocycles. The molecule has 0 aromatic heterocycles. The van der Waals surface area contributed by atoms with Gasteiger partial charge in [-0.1, -0.05) is 29.8 Å². The first-order valence-corrected chi connectivity index (χ1v) is 8.90. The van der Waals surface area contributed by atoms with Crippen LogP contribution < -0.4 is 10.2 Å². The van der Waals surface area contributed by atoms with E-state index in [0.29, 0.717) is 30.2 Å². The Morgan fingerprint density at radius 2 is 2.00 bits per heavy atom. The van der Waals surface area contributed by atoms with E-state index in [1.165, 1.54) is 12.1 Å². The van der Waals surface area contributed by atoms with E-state index in [2.05, 4.69) is 5.32 Å². The third-order valence-corrected chi connectivity index (χ3v) is 5.00. The van der Waals surface area contributed by atoms with Crippen LogP contribution in [0.5, 0.6) is 0 Å². The van der Waals surface area contributed by atoms with Gasteiger partial charge in [0.2, 0.25) is 11.8 Å². The Morgan fingerprint density at radius 1 is 1.27 bits per heavy atom. The molecular weight excluding hydrogens is 355 g/mol. The van der Waals surface area contributed by atoms with E-state index in [1.54, 1.807) is 23.1 Å². The maximum Gasteiger partial charge on any atom is 0.227 e. The number of anilines is 1. The van der Waals surface area contributed by atoms with Crippen molar-refractivity contribution in [2.75, 3.05) is 18.0 Å². The fourth-order valence-electron chi connectivity index (χ4n) is 3.01. The fraction of sp³-hybridized carbons (Fsp3) is 0.300. The summed E-state index contributed by atoms with van der Waals surface area (Å²) in [5, 5.41) is 3.46. The van der Waals surface area contributed by atoms with Crippen LogP contribution in [0.1, 0.15) is 17.5 Å². The molecule has 0 radical (unpaired) electrons. The minimum absolute atomic E-state index is 0.0800. The van der Waals surface area contributed by atoms with Gasteiger partial charge in [-0.05, 0) is 48.7 Å². The van der Waals surface area contributed by atoms with Crippen LogP contribution in [0.15, 0.2) is 42.5 Å². The SMILES string of the molecule is Cc1ccc(N2C[C@H](C(=O)NCCc3ccc(F)cc3)CC2=O)cc1Cl. The standard InChI is InChI=1S/C20H20ClFN2O2/c1-13-2-7-17(11-18(13)21)24-12-15(10-19(24)25)20(26)23-9-8-14-3-5-16(22)6-4-14/h2-7,11,15H,8-10,12H2,1H3,(H,23,26)/t15-/m1/s1. The molecule has 1 N–H and O–H groups in total. The zero-order chi connectivity index (χ0) is 18.7. The average Bonchev–Trinajstić information content (AvgIpc) is 3.01. The minimum atomic E-state index is -0.379. The summed E-state index contributed by atoms with van der Waals surface area (Å²) >= 11 is 6.13. The highest BCUT2D eigenvalue weighted by atomic mass is 35.5. The summed E-state index contributed by atoms with van der Waals surface area (Å²) in [6.07, 6.45) is 0.803. The smallest absolute Gasteiger partial charge is 0.227 e. The second-order valence-electron chi connectivity index (χ2n) is 6.51. The maximum atomic E-state index is 12.9. The van der Waals surface area contributed by atoms with Gasteiger partial charge in [0.25, 0.3) is 0 Å². The van der Waals surface area contributed by atoms with Crippen LogP contribution in [-0.4, -0.2) is 24.9 Å². The van der Waals surface area contributed by atoms with Crippen LogP contribution in [0.4, 0.5) is 10.1 Å². The van der Waals surface area contributed by atoms with E-state index in [0.717, 1.165) is 11.1 Å². The van der Waals surface area contributed by atoms with Crippen LogP contribution in [0, 0.1) is 18.7 Å². The van der Waals surface area contributed by atoms with Crippen LogP contribution in [0.2, 0.25) is 5.02 Å². The van der Waals surface area contributed by atoms with Crippen LogP contribution in [0.25, 0.3) is 0 Å². The van der Waals surface area contributed by atoms with Crippen molar-refractivity contribution >= 4 is 29.1 Å². The lowest BCUT2D eigenvalue weighted by Gasteiger charge is -2.17. The molecule has 0 spiro atoms. The van der Waals surface area contributed by atoms with Gasteiger partial charge in [-0.3, -0.25) is 9.59 Å². The second-order valence-corrected chi connectivity index (χ2v) is 6.91. The first-order valence-electron chi connectivity index (χ1n) is 8.52. The quantitative estimate of drug-likeness (QED) is 0.870. The van der Waals surface area contributed by atoms with Gasteiger partial charge in [-0.25, -0.2) is 4.39 Å². The number of rotatable bonds is 5. The van der Waals surface area contributed by atoms with Crippen LogP contribution in [0.3, 0.4) is 0 Å². The molecule has 0 unspecified atom stereocenters. The molecule has 2 aromatic rings. The number of nitrogens with one attached hydrogen (secondary N) is 1. The van der Waals surface area contributed by atoms with Crippen molar-refractivity contribution in [3.8, 4) is 0 Å². The Bertz CT molecular complexity index is 823. The molecule has 0 bridgehead atoms. The number of carbonyl (C=O) groups excluding carboxylic acids is 2. The van der Waals surface area contributed by atoms with Gasteiger partial charge in [-0.2, -0.15) is 0 Å². The van der Waals surface area contributed by atoms with E-state index in [-0.39, 0.29) is 30.0 Å². The second kappa shape index (κ2) is 7.87. The van der Waals surface area contributed by atoms with Gasteiger partial charge >= 0.3 is 0 Å². The maximum absolute atomic E-state index is 12.9. The Labute approximate surface area is 157 Å². The average molecular weight is 375 g/mol. The third kappa shape index (κ3) is 4.22. The fourth-order valence-corrected chi connectivity index (χ4v) is 3.18. The normalized spacial score (nSPS) is 16.8. The van der Waals surface area contributed by atoms with Crippen molar-refractivity contribution in [3.63, 3.8) is 0 Å². The Morgan fingerprint density at radius 3 is 2.69 bits per heavy atom. The molecule has 2 amide bonds. The van der Waals surface area contributed by atoms with Gasteiger partial charge in [0.1, 0.15) is 5.82 Å². The molecule has 6 heteroatoms. The number of carbonyl (C=O) groups is 2. The number of benzene rings is 2. The van der Waals surface area contributed by atoms with Crippen LogP contribution >= 0.6 is 11.6 Å². The first-order chi connectivity index (χ1) is 12.4. The largest absolute Gasteiger partial charge is 0.355 e. The van der Waals surface area contributed by atoms with Crippen molar-refractivity contribution < 1.29 is 14.0 Å². The molecule has 2 aromatic carbocycles. The Balaban J connectivity index is 1.54. The molecule has 1 aliphatic heterocycles. The van der Waals surface area contributed by atoms with Crippen molar-refractivity contribution in [1.82, 2.24) is 5.32 Å². The summed E-state index contributed by atoms with van der Waals surface area (Å²) in [4.78, 5) is 26.2. The molecule has 1 aliphatic rings. The van der Waals surface area contributed by atoms with E-state index < -0.39 is 0 Å². The van der Waals surface area contributed by atoms with Gasteiger partial charge < -0.3 is 10.2 Å². The lowest BCUT2D eigenvalue weighted by molar-refractivity contribution is -0.126. The number of aryl methyl sites for hydroxylation is 1. The topological polar surface area (TPSA) is 49.4 Å². The van der Waals surface area contributed by atoms with E-state index in [9.17, 15) is 14.0 Å². The minimum Gasteiger partial charge on any atom is -0.355 e. The van der Waals surface area contributed by atoms with Gasteiger partial charge in [0.05, 0.1) is 5.92 Å². The summed E-state index contributed by atoms with van der Waals surface area (Å²) in [6.45, 7) is 2.70. The van der Waals surface area contributed by atoms with Crippen molar-refractivity contribution in [3.05, 3.63) is 64.4 Å². The number of amides is 2. The number of hydrogen-bond acceptors (Lipinski definition) is 2. The Kier molecular flexibility index (Phi) is 5.57. The number of halogens is 2. The first kappa shape index (κ1) is 18.4. The molecule has 3 rings (SSSR count). The van der Waals surface area contributed by atoms with Crippen molar-refractivity contribution in [1.29, 1.82) is 0 Å². The van der Waals surface area contributed by atoms with Crippen LogP contribution in [-0.2, 0) is 16.0 Å². The summed E-state index contributed by atoms with van der Waals surface area (Å²) in [6, 6.07) is 11.7. The van der Waals surface area contributed by atoms with Gasteiger partial charge in [0, 0.05) is 30.2 Å². The monoisotopic (exact) mass is 374 g/mol. The highest BCUT2D eigenvalue weighted by molar-refractivity contribution is 6.31. The lowest BCUT2D eigenvalue weighted by Crippen LogP contribution is -2.34. The third-order valence-electron chi connectivity index (χ3n) is 4.59. The molecule has 1 atom stereocenters. The molecule has 0 aliphatic carbocycles. The summed E-state index contributed by atoms with van der Waals surface area (Å²) < 4.78 is 12.9. The predicted octanol–water partition coefficient (Wildman–Crippen LogP) is 3.50.